The Bertz CT molecular complexity index is 731. The molecule has 2 aliphatic rings. The number of rotatable bonds is 5. The zero-order valence-electron chi connectivity index (χ0n) is 16.7. The van der Waals surface area contributed by atoms with Crippen LogP contribution in [0, 0.1) is 5.92 Å². The van der Waals surface area contributed by atoms with Gasteiger partial charge in [-0.05, 0) is 33.0 Å². The maximum absolute atomic E-state index is 12.7. The number of hydrogen-bond acceptors (Lipinski definition) is 6. The number of carbonyl (C=O) groups excluding carboxylic acids is 1. The molecule has 1 aromatic rings. The summed E-state index contributed by atoms with van der Waals surface area (Å²) < 4.78 is 12.8. The van der Waals surface area contributed by atoms with E-state index in [0.29, 0.717) is 36.8 Å². The molecule has 1 unspecified atom stereocenters. The van der Waals surface area contributed by atoms with E-state index in [-0.39, 0.29) is 5.56 Å². The smallest absolute Gasteiger partial charge is 0.343 e. The van der Waals surface area contributed by atoms with Crippen molar-refractivity contribution in [2.24, 2.45) is 5.92 Å². The van der Waals surface area contributed by atoms with E-state index < -0.39 is 5.97 Å². The Labute approximate surface area is 160 Å². The molecule has 27 heavy (non-hydrogen) atoms. The Hall–Kier alpha value is -1.86. The molecular weight excluding hydrogens is 346 g/mol. The molecule has 1 saturated heterocycles. The lowest BCUT2D eigenvalue weighted by atomic mass is 9.99. The Morgan fingerprint density at radius 2 is 2.07 bits per heavy atom. The minimum Gasteiger partial charge on any atom is -0.492 e. The number of piperidine rings is 1. The number of aromatic nitrogens is 1. The molecule has 0 bridgehead atoms. The van der Waals surface area contributed by atoms with Crippen LogP contribution in [0.4, 0.5) is 0 Å². The van der Waals surface area contributed by atoms with Crippen molar-refractivity contribution in [3.8, 4) is 5.75 Å². The van der Waals surface area contributed by atoms with Crippen LogP contribution in [0.15, 0.2) is 10.9 Å². The molecule has 7 heteroatoms. The predicted octanol–water partition coefficient (Wildman–Crippen LogP) is 1.23. The monoisotopic (exact) mass is 377 g/mol. The summed E-state index contributed by atoms with van der Waals surface area (Å²) in [7, 11) is 3.49. The number of likely N-dealkylation sites (N-methyl/N-ethyl adjacent to an activating group) is 1. The summed E-state index contributed by atoms with van der Waals surface area (Å²) in [6.07, 6.45) is 2.89. The first kappa shape index (κ1) is 19.9. The number of fused-ring (bicyclic) bond motifs is 1. The van der Waals surface area contributed by atoms with E-state index in [1.165, 1.54) is 13.2 Å². The minimum absolute atomic E-state index is 0.105. The molecule has 3 heterocycles. The van der Waals surface area contributed by atoms with Crippen LogP contribution < -0.4 is 10.3 Å². The van der Waals surface area contributed by atoms with Gasteiger partial charge in [0.25, 0.3) is 5.56 Å². The van der Waals surface area contributed by atoms with Crippen molar-refractivity contribution < 1.29 is 14.3 Å². The lowest BCUT2D eigenvalue weighted by molar-refractivity contribution is 0.0590. The summed E-state index contributed by atoms with van der Waals surface area (Å²) in [6, 6.07) is 1.46. The van der Waals surface area contributed by atoms with Crippen molar-refractivity contribution in [2.75, 3.05) is 53.5 Å². The quantitative estimate of drug-likeness (QED) is 0.720. The van der Waals surface area contributed by atoms with E-state index >= 15 is 0 Å². The van der Waals surface area contributed by atoms with Crippen molar-refractivity contribution >= 4 is 5.97 Å². The van der Waals surface area contributed by atoms with Gasteiger partial charge in [-0.3, -0.25) is 4.79 Å². The Kier molecular flexibility index (Phi) is 6.55. The van der Waals surface area contributed by atoms with Gasteiger partial charge < -0.3 is 23.8 Å². The third kappa shape index (κ3) is 4.52. The van der Waals surface area contributed by atoms with E-state index in [2.05, 4.69) is 23.8 Å². The maximum atomic E-state index is 12.7. The highest BCUT2D eigenvalue weighted by Gasteiger charge is 2.26. The van der Waals surface area contributed by atoms with E-state index in [1.54, 1.807) is 4.57 Å². The van der Waals surface area contributed by atoms with Gasteiger partial charge in [0, 0.05) is 50.3 Å². The normalized spacial score (nSPS) is 21.4. The van der Waals surface area contributed by atoms with Crippen molar-refractivity contribution in [3.05, 3.63) is 27.7 Å². The fourth-order valence-corrected chi connectivity index (χ4v) is 4.16. The van der Waals surface area contributed by atoms with Gasteiger partial charge in [-0.1, -0.05) is 6.92 Å². The lowest BCUT2D eigenvalue weighted by Gasteiger charge is -2.29. The summed E-state index contributed by atoms with van der Waals surface area (Å²) in [4.78, 5) is 29.8. The fraction of sp³-hybridized carbons (Fsp3) is 0.700. The molecule has 7 nitrogen and oxygen atoms in total. The van der Waals surface area contributed by atoms with E-state index in [4.69, 9.17) is 9.47 Å². The second-order valence-electron chi connectivity index (χ2n) is 7.58. The van der Waals surface area contributed by atoms with Crippen molar-refractivity contribution in [1.82, 2.24) is 14.4 Å². The summed E-state index contributed by atoms with van der Waals surface area (Å²) >= 11 is 0. The molecule has 1 atom stereocenters. The highest BCUT2D eigenvalue weighted by molar-refractivity contribution is 5.93. The number of esters is 1. The van der Waals surface area contributed by atoms with Crippen molar-refractivity contribution in [1.29, 1.82) is 0 Å². The maximum Gasteiger partial charge on any atom is 0.343 e. The molecule has 150 valence electrons. The molecule has 3 rings (SSSR count). The van der Waals surface area contributed by atoms with Crippen molar-refractivity contribution in [3.63, 3.8) is 0 Å². The van der Waals surface area contributed by atoms with Gasteiger partial charge in [0.15, 0.2) is 0 Å². The SMILES string of the molecule is CCN1CCc2c(C(=O)OC)c(OCC3CCCN(C)C3)cc(=O)n2CC1. The first-order chi connectivity index (χ1) is 13.0. The number of likely N-dealkylation sites (tertiary alicyclic amines) is 1. The highest BCUT2D eigenvalue weighted by Crippen LogP contribution is 2.25. The van der Waals surface area contributed by atoms with Crippen LogP contribution in [0.25, 0.3) is 0 Å². The summed E-state index contributed by atoms with van der Waals surface area (Å²) in [5.41, 5.74) is 1.05. The second kappa shape index (κ2) is 8.89. The van der Waals surface area contributed by atoms with E-state index in [9.17, 15) is 9.59 Å². The Balaban J connectivity index is 1.89. The zero-order chi connectivity index (χ0) is 19.4. The average Bonchev–Trinajstić information content (AvgIpc) is 2.89. The van der Waals surface area contributed by atoms with Crippen LogP contribution in [-0.2, 0) is 17.7 Å². The first-order valence-corrected chi connectivity index (χ1v) is 9.92. The van der Waals surface area contributed by atoms with Gasteiger partial charge in [-0.25, -0.2) is 4.79 Å². The van der Waals surface area contributed by atoms with Gasteiger partial charge in [0.2, 0.25) is 0 Å². The summed E-state index contributed by atoms with van der Waals surface area (Å²) in [6.45, 7) is 7.83. The van der Waals surface area contributed by atoms with Crippen molar-refractivity contribution in [2.45, 2.75) is 32.7 Å². The van der Waals surface area contributed by atoms with Crippen LogP contribution in [0.1, 0.15) is 35.8 Å². The molecular formula is C20H31N3O4. The minimum atomic E-state index is -0.431. The second-order valence-corrected chi connectivity index (χ2v) is 7.58. The average molecular weight is 377 g/mol. The molecule has 0 radical (unpaired) electrons. The third-order valence-electron chi connectivity index (χ3n) is 5.72. The Morgan fingerprint density at radius 1 is 1.26 bits per heavy atom. The molecule has 0 saturated carbocycles. The van der Waals surface area contributed by atoms with Gasteiger partial charge in [0.1, 0.15) is 11.3 Å². The predicted molar refractivity (Wildman–Crippen MR) is 104 cm³/mol. The molecule has 0 N–H and O–H groups in total. The van der Waals surface area contributed by atoms with Crippen LogP contribution in [-0.4, -0.2) is 73.8 Å². The molecule has 2 aliphatic heterocycles. The van der Waals surface area contributed by atoms with Crippen LogP contribution in [0.5, 0.6) is 5.75 Å². The number of methoxy groups -OCH3 is 1. The number of carbonyl (C=O) groups is 1. The number of ether oxygens (including phenoxy) is 2. The molecule has 0 aromatic carbocycles. The van der Waals surface area contributed by atoms with E-state index in [1.807, 2.05) is 0 Å². The number of pyridine rings is 1. The summed E-state index contributed by atoms with van der Waals surface area (Å²) in [5.74, 6) is 0.349. The first-order valence-electron chi connectivity index (χ1n) is 9.92. The number of hydrogen-bond donors (Lipinski definition) is 0. The third-order valence-corrected chi connectivity index (χ3v) is 5.72. The van der Waals surface area contributed by atoms with Crippen LogP contribution >= 0.6 is 0 Å². The van der Waals surface area contributed by atoms with Gasteiger partial charge >= 0.3 is 5.97 Å². The van der Waals surface area contributed by atoms with E-state index in [0.717, 1.165) is 51.3 Å². The lowest BCUT2D eigenvalue weighted by Crippen LogP contribution is -2.35. The molecule has 1 aromatic heterocycles. The molecule has 1 fully saturated rings. The van der Waals surface area contributed by atoms with Gasteiger partial charge in [0.05, 0.1) is 13.7 Å². The standard InChI is InChI=1S/C20H31N3O4/c1-4-22-9-7-16-19(20(25)26-3)17(12-18(24)23(16)11-10-22)27-14-15-6-5-8-21(2)13-15/h12,15H,4-11,13-14H2,1-3H3. The molecule has 0 aliphatic carbocycles. The summed E-state index contributed by atoms with van der Waals surface area (Å²) in [5, 5.41) is 0. The largest absolute Gasteiger partial charge is 0.492 e. The van der Waals surface area contributed by atoms with Gasteiger partial charge in [-0.2, -0.15) is 0 Å². The fourth-order valence-electron chi connectivity index (χ4n) is 4.16. The Morgan fingerprint density at radius 3 is 2.78 bits per heavy atom. The number of nitrogens with zero attached hydrogens (tertiary/aromatic N) is 3. The topological polar surface area (TPSA) is 64.0 Å². The zero-order valence-corrected chi connectivity index (χ0v) is 16.7. The molecule has 0 amide bonds. The van der Waals surface area contributed by atoms with Crippen LogP contribution in [0.3, 0.4) is 0 Å². The molecule has 0 spiro atoms. The van der Waals surface area contributed by atoms with Crippen LogP contribution in [0.2, 0.25) is 0 Å². The highest BCUT2D eigenvalue weighted by atomic mass is 16.5. The van der Waals surface area contributed by atoms with Gasteiger partial charge in [-0.15, -0.1) is 0 Å².